The molecule has 2 aromatic carbocycles. The Hall–Kier alpha value is -3.41. The number of hydrogen-bond donors (Lipinski definition) is 2. The molecule has 0 radical (unpaired) electrons. The molecule has 0 saturated carbocycles. The highest BCUT2D eigenvalue weighted by Gasteiger charge is 2.12. The van der Waals surface area contributed by atoms with Gasteiger partial charge in [0.05, 0.1) is 12.4 Å². The van der Waals surface area contributed by atoms with Crippen molar-refractivity contribution in [3.05, 3.63) is 72.2 Å². The largest absolute Gasteiger partial charge is 0.372 e. The van der Waals surface area contributed by atoms with Gasteiger partial charge in [-0.15, -0.1) is 0 Å². The van der Waals surface area contributed by atoms with Crippen molar-refractivity contribution < 1.29 is 4.79 Å². The van der Waals surface area contributed by atoms with Crippen LogP contribution in [0.4, 0.5) is 22.9 Å². The summed E-state index contributed by atoms with van der Waals surface area (Å²) in [6.45, 7) is 4.32. The molecule has 29 heavy (non-hydrogen) atoms. The summed E-state index contributed by atoms with van der Waals surface area (Å²) >= 11 is 0. The molecule has 2 heterocycles. The van der Waals surface area contributed by atoms with Gasteiger partial charge in [-0.25, -0.2) is 9.97 Å². The van der Waals surface area contributed by atoms with Crippen LogP contribution in [0.2, 0.25) is 0 Å². The number of para-hydroxylation sites is 1. The van der Waals surface area contributed by atoms with Crippen molar-refractivity contribution in [2.24, 2.45) is 0 Å². The molecule has 0 spiro atoms. The number of carbonyl (C=O) groups excluding carboxylic acids is 1. The van der Waals surface area contributed by atoms with Crippen molar-refractivity contribution in [1.29, 1.82) is 0 Å². The van der Waals surface area contributed by atoms with E-state index in [9.17, 15) is 4.79 Å². The van der Waals surface area contributed by atoms with Crippen molar-refractivity contribution in [1.82, 2.24) is 9.97 Å². The molecule has 1 aromatic heterocycles. The van der Waals surface area contributed by atoms with E-state index in [0.29, 0.717) is 5.82 Å². The van der Waals surface area contributed by atoms with Crippen LogP contribution in [-0.2, 0) is 6.42 Å². The number of amides is 1. The van der Waals surface area contributed by atoms with Crippen LogP contribution in [0.25, 0.3) is 0 Å². The van der Waals surface area contributed by atoms with Crippen molar-refractivity contribution in [3.8, 4) is 0 Å². The molecular weight excluding hydrogens is 362 g/mol. The summed E-state index contributed by atoms with van der Waals surface area (Å²) in [6, 6.07) is 16.1. The van der Waals surface area contributed by atoms with E-state index >= 15 is 0 Å². The minimum Gasteiger partial charge on any atom is -0.372 e. The quantitative estimate of drug-likeness (QED) is 0.645. The molecule has 4 rings (SSSR count). The average Bonchev–Trinajstić information content (AvgIpc) is 3.30. The van der Waals surface area contributed by atoms with E-state index in [1.807, 2.05) is 36.4 Å². The monoisotopic (exact) mass is 387 g/mol. The minimum absolute atomic E-state index is 0.264. The topological polar surface area (TPSA) is 70.2 Å². The molecule has 0 aliphatic carbocycles. The highest BCUT2D eigenvalue weighted by molar-refractivity contribution is 6.03. The Bertz CT molecular complexity index is 963. The van der Waals surface area contributed by atoms with Gasteiger partial charge < -0.3 is 15.5 Å². The lowest BCUT2D eigenvalue weighted by Crippen LogP contribution is -2.17. The Balaban J connectivity index is 1.39. The summed E-state index contributed by atoms with van der Waals surface area (Å²) < 4.78 is 0. The van der Waals surface area contributed by atoms with Crippen LogP contribution in [0.15, 0.2) is 60.9 Å². The molecular formula is C23H25N5O. The Morgan fingerprint density at radius 3 is 2.45 bits per heavy atom. The fraction of sp³-hybridized carbons (Fsp3) is 0.261. The number of anilines is 4. The summed E-state index contributed by atoms with van der Waals surface area (Å²) in [5, 5.41) is 6.15. The molecule has 0 unspecified atom stereocenters. The van der Waals surface area contributed by atoms with Gasteiger partial charge in [-0.1, -0.05) is 25.1 Å². The zero-order valence-corrected chi connectivity index (χ0v) is 16.6. The lowest BCUT2D eigenvalue weighted by atomic mass is 10.1. The van der Waals surface area contributed by atoms with Crippen LogP contribution in [0, 0.1) is 0 Å². The lowest BCUT2D eigenvalue weighted by molar-refractivity contribution is 0.102. The predicted octanol–water partition coefficient (Wildman–Crippen LogP) is 4.64. The van der Waals surface area contributed by atoms with Crippen LogP contribution in [-0.4, -0.2) is 29.0 Å². The summed E-state index contributed by atoms with van der Waals surface area (Å²) in [6.07, 6.45) is 6.44. The van der Waals surface area contributed by atoms with Gasteiger partial charge in [0.25, 0.3) is 5.91 Å². The first-order valence-electron chi connectivity index (χ1n) is 10.1. The van der Waals surface area contributed by atoms with Crippen LogP contribution >= 0.6 is 0 Å². The van der Waals surface area contributed by atoms with Crippen LogP contribution in [0.5, 0.6) is 0 Å². The molecule has 6 heteroatoms. The second-order valence-electron chi connectivity index (χ2n) is 7.12. The zero-order valence-electron chi connectivity index (χ0n) is 16.6. The van der Waals surface area contributed by atoms with E-state index in [2.05, 4.69) is 44.6 Å². The molecule has 1 fully saturated rings. The maximum atomic E-state index is 12.5. The highest BCUT2D eigenvalue weighted by atomic mass is 16.1. The summed E-state index contributed by atoms with van der Waals surface area (Å²) in [5.74, 6) is 0.337. The number of aromatic nitrogens is 2. The molecule has 3 aromatic rings. The van der Waals surface area contributed by atoms with Gasteiger partial charge in [0.15, 0.2) is 0 Å². The van der Waals surface area contributed by atoms with Gasteiger partial charge in [0.2, 0.25) is 0 Å². The second-order valence-corrected chi connectivity index (χ2v) is 7.12. The van der Waals surface area contributed by atoms with E-state index < -0.39 is 0 Å². The standard InChI is InChI=1S/C23H25N5O/c1-2-17-7-3-4-8-20(17)27-23(29)21-15-25-22(16-24-21)26-18-9-11-19(12-10-18)28-13-5-6-14-28/h3-4,7-12,15-16H,2,5-6,13-14H2,1H3,(H,25,26)(H,27,29). The summed E-state index contributed by atoms with van der Waals surface area (Å²) in [4.78, 5) is 23.5. The van der Waals surface area contributed by atoms with E-state index in [1.54, 1.807) is 6.20 Å². The smallest absolute Gasteiger partial charge is 0.275 e. The Labute approximate surface area is 171 Å². The van der Waals surface area contributed by atoms with Crippen molar-refractivity contribution >= 4 is 28.8 Å². The predicted molar refractivity (Wildman–Crippen MR) is 117 cm³/mol. The van der Waals surface area contributed by atoms with Crippen molar-refractivity contribution in [2.75, 3.05) is 28.6 Å². The summed E-state index contributed by atoms with van der Waals surface area (Å²) in [5.41, 5.74) is 4.37. The Morgan fingerprint density at radius 1 is 1.00 bits per heavy atom. The average molecular weight is 387 g/mol. The fourth-order valence-electron chi connectivity index (χ4n) is 3.53. The van der Waals surface area contributed by atoms with E-state index in [1.165, 1.54) is 24.7 Å². The van der Waals surface area contributed by atoms with Gasteiger partial charge >= 0.3 is 0 Å². The molecule has 1 saturated heterocycles. The summed E-state index contributed by atoms with van der Waals surface area (Å²) in [7, 11) is 0. The number of nitrogens with one attached hydrogen (secondary N) is 2. The molecule has 2 N–H and O–H groups in total. The van der Waals surface area contributed by atoms with Gasteiger partial charge in [-0.05, 0) is 55.2 Å². The third-order valence-electron chi connectivity index (χ3n) is 5.14. The molecule has 1 amide bonds. The Morgan fingerprint density at radius 2 is 1.76 bits per heavy atom. The van der Waals surface area contributed by atoms with E-state index in [0.717, 1.165) is 36.4 Å². The first kappa shape index (κ1) is 18.9. The molecule has 6 nitrogen and oxygen atoms in total. The number of hydrogen-bond acceptors (Lipinski definition) is 5. The molecule has 1 aliphatic heterocycles. The zero-order chi connectivity index (χ0) is 20.1. The normalized spacial score (nSPS) is 13.3. The van der Waals surface area contributed by atoms with Crippen LogP contribution in [0.1, 0.15) is 35.8 Å². The maximum Gasteiger partial charge on any atom is 0.275 e. The van der Waals surface area contributed by atoms with Crippen LogP contribution < -0.4 is 15.5 Å². The number of benzene rings is 2. The first-order chi connectivity index (χ1) is 14.2. The fourth-order valence-corrected chi connectivity index (χ4v) is 3.53. The number of aryl methyl sites for hydroxylation is 1. The van der Waals surface area contributed by atoms with Gasteiger partial charge in [0.1, 0.15) is 11.5 Å². The SMILES string of the molecule is CCc1ccccc1NC(=O)c1cnc(Nc2ccc(N3CCCC3)cc2)cn1. The molecule has 0 atom stereocenters. The molecule has 1 aliphatic rings. The van der Waals surface area contributed by atoms with Crippen LogP contribution in [0.3, 0.4) is 0 Å². The Kier molecular flexibility index (Phi) is 5.70. The first-order valence-corrected chi connectivity index (χ1v) is 10.1. The number of nitrogens with zero attached hydrogens (tertiary/aromatic N) is 3. The van der Waals surface area contributed by atoms with Crippen molar-refractivity contribution in [3.63, 3.8) is 0 Å². The number of carbonyl (C=O) groups is 1. The highest BCUT2D eigenvalue weighted by Crippen LogP contribution is 2.23. The molecule has 0 bridgehead atoms. The lowest BCUT2D eigenvalue weighted by Gasteiger charge is -2.17. The van der Waals surface area contributed by atoms with Gasteiger partial charge in [-0.2, -0.15) is 0 Å². The van der Waals surface area contributed by atoms with Gasteiger partial charge in [0, 0.05) is 30.2 Å². The van der Waals surface area contributed by atoms with Gasteiger partial charge in [-0.3, -0.25) is 4.79 Å². The van der Waals surface area contributed by atoms with E-state index in [4.69, 9.17) is 0 Å². The third kappa shape index (κ3) is 4.54. The minimum atomic E-state index is -0.264. The van der Waals surface area contributed by atoms with E-state index in [-0.39, 0.29) is 11.6 Å². The second kappa shape index (κ2) is 8.73. The van der Waals surface area contributed by atoms with Crippen molar-refractivity contribution in [2.45, 2.75) is 26.2 Å². The third-order valence-corrected chi connectivity index (χ3v) is 5.14. The molecule has 148 valence electrons. The maximum absolute atomic E-state index is 12.5. The number of rotatable bonds is 6.